The van der Waals surface area contributed by atoms with Gasteiger partial charge in [0, 0.05) is 0 Å². The van der Waals surface area contributed by atoms with Crippen LogP contribution < -0.4 is 0 Å². The average molecular weight is 413 g/mol. The van der Waals surface area contributed by atoms with Crippen molar-refractivity contribution in [3.05, 3.63) is 71.8 Å². The predicted molar refractivity (Wildman–Crippen MR) is 103 cm³/mol. The highest BCUT2D eigenvalue weighted by molar-refractivity contribution is 7.94. The van der Waals surface area contributed by atoms with Gasteiger partial charge in [-0.25, -0.2) is 13.2 Å². The highest BCUT2D eigenvalue weighted by atomic mass is 32.2. The average Bonchev–Trinajstić information content (AvgIpc) is 2.88. The molecule has 2 aromatic rings. The van der Waals surface area contributed by atoms with Gasteiger partial charge in [-0.15, -0.1) is 0 Å². The molecule has 0 bridgehead atoms. The summed E-state index contributed by atoms with van der Waals surface area (Å²) in [5, 5.41) is -1.16. The second kappa shape index (κ2) is 6.81. The van der Waals surface area contributed by atoms with Gasteiger partial charge < -0.3 is 14.4 Å². The van der Waals surface area contributed by atoms with E-state index in [0.29, 0.717) is 11.1 Å². The molecule has 3 atom stereocenters. The van der Waals surface area contributed by atoms with E-state index in [4.69, 9.17) is 4.74 Å². The smallest absolute Gasteiger partial charge is 0.331 e. The number of carbonyl (C=O) groups is 3. The normalized spacial score (nSPS) is 27.2. The van der Waals surface area contributed by atoms with Crippen LogP contribution in [0.15, 0.2) is 60.7 Å². The molecular weight excluding hydrogens is 394 g/mol. The summed E-state index contributed by atoms with van der Waals surface area (Å²) in [4.78, 5) is 38.0. The number of fused-ring (bicyclic) bond motifs is 1. The third kappa shape index (κ3) is 2.78. The molecule has 0 radical (unpaired) electrons. The molecule has 29 heavy (non-hydrogen) atoms. The molecule has 8 heteroatoms. The Bertz CT molecular complexity index is 1030. The van der Waals surface area contributed by atoms with E-state index in [1.165, 1.54) is 6.92 Å². The number of hydrogen-bond acceptors (Lipinski definition) is 6. The van der Waals surface area contributed by atoms with Crippen molar-refractivity contribution in [2.24, 2.45) is 0 Å². The van der Waals surface area contributed by atoms with E-state index in [1.807, 2.05) is 12.1 Å². The standard InChI is InChI=1S/C21H19NO6S/c1-21(13-23)19(22-16(24)12-17(22)29(21,26)27)20(25)28-18(14-8-4-2-5-9-14)15-10-6-3-7-11-15/h2-11,13,17-19H,12H2,1H3/t17-,19?,21+/m1/s1. The molecule has 0 aromatic heterocycles. The van der Waals surface area contributed by atoms with E-state index in [-0.39, 0.29) is 12.7 Å². The minimum atomic E-state index is -4.03. The zero-order chi connectivity index (χ0) is 20.8. The monoisotopic (exact) mass is 413 g/mol. The lowest BCUT2D eigenvalue weighted by atomic mass is 9.97. The number of carbonyl (C=O) groups excluding carboxylic acids is 3. The summed E-state index contributed by atoms with van der Waals surface area (Å²) in [7, 11) is -4.03. The lowest BCUT2D eigenvalue weighted by Crippen LogP contribution is -2.58. The molecule has 2 aliphatic heterocycles. The highest BCUT2D eigenvalue weighted by Gasteiger charge is 2.70. The molecule has 7 nitrogen and oxygen atoms in total. The molecule has 0 spiro atoms. The minimum absolute atomic E-state index is 0.226. The van der Waals surface area contributed by atoms with Gasteiger partial charge in [0.1, 0.15) is 11.7 Å². The first kappa shape index (κ1) is 19.3. The van der Waals surface area contributed by atoms with Crippen LogP contribution in [0.4, 0.5) is 0 Å². The van der Waals surface area contributed by atoms with Crippen molar-refractivity contribution in [3.63, 3.8) is 0 Å². The number of rotatable bonds is 5. The number of β-lactam (4-membered cyclic amide) rings is 1. The van der Waals surface area contributed by atoms with Crippen LogP contribution >= 0.6 is 0 Å². The van der Waals surface area contributed by atoms with Crippen LogP contribution in [0.1, 0.15) is 30.6 Å². The summed E-state index contributed by atoms with van der Waals surface area (Å²) in [6.07, 6.45) is -0.796. The Morgan fingerprint density at radius 3 is 2.07 bits per heavy atom. The number of esters is 1. The number of benzene rings is 2. The van der Waals surface area contributed by atoms with Gasteiger partial charge >= 0.3 is 5.97 Å². The molecule has 2 heterocycles. The highest BCUT2D eigenvalue weighted by Crippen LogP contribution is 2.46. The number of ether oxygens (including phenoxy) is 1. The summed E-state index contributed by atoms with van der Waals surface area (Å²) in [6, 6.07) is 16.5. The number of amides is 1. The third-order valence-corrected chi connectivity index (χ3v) is 8.29. The van der Waals surface area contributed by atoms with Crippen LogP contribution in [-0.4, -0.2) is 47.6 Å². The summed E-state index contributed by atoms with van der Waals surface area (Å²) < 4.78 is 29.2. The zero-order valence-corrected chi connectivity index (χ0v) is 16.4. The Labute approximate surface area is 168 Å². The molecule has 0 saturated carbocycles. The lowest BCUT2D eigenvalue weighted by Gasteiger charge is -2.36. The summed E-state index contributed by atoms with van der Waals surface area (Å²) in [5.41, 5.74) is 1.37. The van der Waals surface area contributed by atoms with E-state index < -0.39 is 44.0 Å². The second-order valence-electron chi connectivity index (χ2n) is 7.35. The van der Waals surface area contributed by atoms with Crippen molar-refractivity contribution in [2.75, 3.05) is 0 Å². The van der Waals surface area contributed by atoms with Gasteiger partial charge in [0.15, 0.2) is 26.7 Å². The first-order valence-electron chi connectivity index (χ1n) is 9.12. The molecular formula is C21H19NO6S. The predicted octanol–water partition coefficient (Wildman–Crippen LogP) is 1.63. The Hall–Kier alpha value is -3.00. The van der Waals surface area contributed by atoms with Crippen molar-refractivity contribution in [2.45, 2.75) is 35.6 Å². The van der Waals surface area contributed by atoms with Gasteiger partial charge in [-0.1, -0.05) is 60.7 Å². The van der Waals surface area contributed by atoms with Gasteiger partial charge in [-0.3, -0.25) is 4.79 Å². The third-order valence-electron chi connectivity index (χ3n) is 5.64. The van der Waals surface area contributed by atoms with Crippen LogP contribution in [0.2, 0.25) is 0 Å². The fraction of sp³-hybridized carbons (Fsp3) is 0.286. The van der Waals surface area contributed by atoms with E-state index in [9.17, 15) is 22.8 Å². The van der Waals surface area contributed by atoms with Crippen molar-refractivity contribution in [3.8, 4) is 0 Å². The Morgan fingerprint density at radius 2 is 1.62 bits per heavy atom. The maximum atomic E-state index is 13.2. The summed E-state index contributed by atoms with van der Waals surface area (Å²) >= 11 is 0. The number of aldehydes is 1. The van der Waals surface area contributed by atoms with E-state index in [1.54, 1.807) is 48.5 Å². The van der Waals surface area contributed by atoms with E-state index >= 15 is 0 Å². The molecule has 2 aromatic carbocycles. The molecule has 4 rings (SSSR count). The van der Waals surface area contributed by atoms with Crippen molar-refractivity contribution >= 4 is 28.0 Å². The fourth-order valence-corrected chi connectivity index (χ4v) is 6.08. The van der Waals surface area contributed by atoms with E-state index in [2.05, 4.69) is 0 Å². The number of hydrogen-bond donors (Lipinski definition) is 0. The van der Waals surface area contributed by atoms with Crippen LogP contribution in [-0.2, 0) is 29.0 Å². The Morgan fingerprint density at radius 1 is 1.10 bits per heavy atom. The molecule has 150 valence electrons. The van der Waals surface area contributed by atoms with Gasteiger partial charge in [0.25, 0.3) is 0 Å². The summed E-state index contributed by atoms with van der Waals surface area (Å²) in [6.45, 7) is 1.17. The number of sulfone groups is 1. The van der Waals surface area contributed by atoms with Gasteiger partial charge in [-0.05, 0) is 18.1 Å². The van der Waals surface area contributed by atoms with Crippen molar-refractivity contribution in [1.29, 1.82) is 0 Å². The van der Waals surface area contributed by atoms with Gasteiger partial charge in [-0.2, -0.15) is 0 Å². The topological polar surface area (TPSA) is 97.8 Å². The SMILES string of the molecule is C[C@]1(C=O)C(C(=O)OC(c2ccccc2)c2ccccc2)N2C(=O)C[C@H]2S1(=O)=O. The Balaban J connectivity index is 1.73. The van der Waals surface area contributed by atoms with Crippen LogP contribution in [0, 0.1) is 0 Å². The van der Waals surface area contributed by atoms with Crippen LogP contribution in [0.5, 0.6) is 0 Å². The largest absolute Gasteiger partial charge is 0.451 e. The van der Waals surface area contributed by atoms with E-state index in [0.717, 1.165) is 4.90 Å². The first-order chi connectivity index (χ1) is 13.8. The number of nitrogens with zero attached hydrogens (tertiary/aromatic N) is 1. The maximum Gasteiger partial charge on any atom is 0.331 e. The fourth-order valence-electron chi connectivity index (χ4n) is 3.94. The molecule has 2 saturated heterocycles. The molecule has 2 fully saturated rings. The Kier molecular flexibility index (Phi) is 4.53. The maximum absolute atomic E-state index is 13.2. The van der Waals surface area contributed by atoms with Crippen molar-refractivity contribution in [1.82, 2.24) is 4.90 Å². The zero-order valence-electron chi connectivity index (χ0n) is 15.6. The molecule has 1 unspecified atom stereocenters. The molecule has 0 N–H and O–H groups in total. The van der Waals surface area contributed by atoms with Crippen LogP contribution in [0.3, 0.4) is 0 Å². The quantitative estimate of drug-likeness (QED) is 0.420. The summed E-state index contributed by atoms with van der Waals surface area (Å²) in [5.74, 6) is -1.40. The second-order valence-corrected chi connectivity index (χ2v) is 9.86. The van der Waals surface area contributed by atoms with Crippen molar-refractivity contribution < 1.29 is 27.5 Å². The van der Waals surface area contributed by atoms with Gasteiger partial charge in [0.05, 0.1) is 6.42 Å². The van der Waals surface area contributed by atoms with Gasteiger partial charge in [0.2, 0.25) is 5.91 Å². The van der Waals surface area contributed by atoms with Crippen LogP contribution in [0.25, 0.3) is 0 Å². The first-order valence-corrected chi connectivity index (χ1v) is 10.7. The molecule has 0 aliphatic carbocycles. The molecule has 2 aliphatic rings. The minimum Gasteiger partial charge on any atom is -0.451 e. The lowest BCUT2D eigenvalue weighted by molar-refractivity contribution is -0.164. The molecule has 1 amide bonds.